The van der Waals surface area contributed by atoms with E-state index in [2.05, 4.69) is 14.7 Å². The van der Waals surface area contributed by atoms with Crippen molar-refractivity contribution in [1.82, 2.24) is 29.2 Å². The lowest BCUT2D eigenvalue weighted by atomic mass is 10.0. The summed E-state index contributed by atoms with van der Waals surface area (Å²) in [6.45, 7) is 1.18. The van der Waals surface area contributed by atoms with E-state index >= 15 is 0 Å². The van der Waals surface area contributed by atoms with Gasteiger partial charge in [0.1, 0.15) is 11.4 Å². The van der Waals surface area contributed by atoms with Crippen LogP contribution in [0.25, 0.3) is 28.0 Å². The fourth-order valence-electron chi connectivity index (χ4n) is 4.48. The average molecular weight is 543 g/mol. The van der Waals surface area contributed by atoms with E-state index in [0.717, 1.165) is 40.9 Å². The van der Waals surface area contributed by atoms with Crippen LogP contribution >= 0.6 is 0 Å². The molecule has 0 radical (unpaired) electrons. The second-order valence-electron chi connectivity index (χ2n) is 9.56. The number of aromatic hydroxyl groups is 1. The molecule has 0 aliphatic rings. The Labute approximate surface area is 227 Å². The van der Waals surface area contributed by atoms with E-state index in [1.54, 1.807) is 59.5 Å². The first-order valence-electron chi connectivity index (χ1n) is 12.6. The molecule has 2 N–H and O–H groups in total. The molecule has 0 unspecified atom stereocenters. The molecule has 10 heteroatoms. The number of sulfonamides is 1. The highest BCUT2D eigenvalue weighted by molar-refractivity contribution is 7.89. The molecule has 0 bridgehead atoms. The largest absolute Gasteiger partial charge is 0.508 e. The van der Waals surface area contributed by atoms with Crippen molar-refractivity contribution >= 4 is 15.7 Å². The summed E-state index contributed by atoms with van der Waals surface area (Å²) < 4.78 is 30.3. The lowest BCUT2D eigenvalue weighted by Gasteiger charge is -2.11. The van der Waals surface area contributed by atoms with Gasteiger partial charge >= 0.3 is 0 Å². The molecule has 3 heterocycles. The van der Waals surface area contributed by atoms with Crippen LogP contribution in [-0.2, 0) is 16.4 Å². The lowest BCUT2D eigenvalue weighted by molar-refractivity contribution is 0.400. The van der Waals surface area contributed by atoms with Crippen molar-refractivity contribution < 1.29 is 13.5 Å². The van der Waals surface area contributed by atoms with Crippen molar-refractivity contribution in [3.8, 4) is 28.1 Å². The molecule has 5 rings (SSSR count). The van der Waals surface area contributed by atoms with Crippen molar-refractivity contribution in [3.05, 3.63) is 96.6 Å². The second kappa shape index (κ2) is 11.3. The molecule has 3 aromatic heterocycles. The maximum atomic E-state index is 12.9. The van der Waals surface area contributed by atoms with E-state index in [-0.39, 0.29) is 10.6 Å². The van der Waals surface area contributed by atoms with Gasteiger partial charge in [0, 0.05) is 37.1 Å². The third-order valence-electron chi connectivity index (χ3n) is 6.35. The summed E-state index contributed by atoms with van der Waals surface area (Å²) in [6, 6.07) is 19.6. The van der Waals surface area contributed by atoms with Crippen LogP contribution in [0.3, 0.4) is 0 Å². The maximum Gasteiger partial charge on any atom is 0.240 e. The van der Waals surface area contributed by atoms with Crippen LogP contribution in [0, 0.1) is 0 Å². The monoisotopic (exact) mass is 542 g/mol. The molecule has 200 valence electrons. The van der Waals surface area contributed by atoms with Gasteiger partial charge in [-0.3, -0.25) is 4.98 Å². The molecule has 39 heavy (non-hydrogen) atoms. The van der Waals surface area contributed by atoms with Gasteiger partial charge in [0.05, 0.1) is 16.2 Å². The summed E-state index contributed by atoms with van der Waals surface area (Å²) in [5.41, 5.74) is 5.46. The van der Waals surface area contributed by atoms with Crippen molar-refractivity contribution in [1.29, 1.82) is 0 Å². The Balaban J connectivity index is 1.52. The van der Waals surface area contributed by atoms with Crippen LogP contribution < -0.4 is 4.72 Å². The van der Waals surface area contributed by atoms with Crippen LogP contribution in [0.2, 0.25) is 0 Å². The molecule has 0 saturated heterocycles. The molecule has 0 atom stereocenters. The molecule has 2 aromatic carbocycles. The lowest BCUT2D eigenvalue weighted by Crippen LogP contribution is -2.27. The van der Waals surface area contributed by atoms with Gasteiger partial charge < -0.3 is 10.0 Å². The maximum absolute atomic E-state index is 12.9. The van der Waals surface area contributed by atoms with E-state index in [4.69, 9.17) is 5.10 Å². The number of aromatic nitrogens is 4. The van der Waals surface area contributed by atoms with Crippen molar-refractivity contribution in [2.45, 2.75) is 17.7 Å². The Kier molecular flexibility index (Phi) is 7.69. The van der Waals surface area contributed by atoms with Gasteiger partial charge in [-0.2, -0.15) is 5.10 Å². The first-order valence-corrected chi connectivity index (χ1v) is 14.1. The Bertz CT molecular complexity index is 1700. The number of benzene rings is 2. The van der Waals surface area contributed by atoms with Crippen LogP contribution in [0.1, 0.15) is 17.7 Å². The zero-order chi connectivity index (χ0) is 27.4. The Morgan fingerprint density at radius 2 is 1.74 bits per heavy atom. The van der Waals surface area contributed by atoms with Gasteiger partial charge in [-0.25, -0.2) is 22.6 Å². The van der Waals surface area contributed by atoms with Gasteiger partial charge in [-0.1, -0.05) is 24.3 Å². The van der Waals surface area contributed by atoms with E-state index < -0.39 is 10.0 Å². The number of phenols is 1. The molecular formula is C29H30N6O3S. The topological polar surface area (TPSA) is 113 Å². The molecule has 0 fully saturated rings. The van der Waals surface area contributed by atoms with Crippen LogP contribution in [0.4, 0.5) is 0 Å². The van der Waals surface area contributed by atoms with Gasteiger partial charge in [-0.15, -0.1) is 0 Å². The van der Waals surface area contributed by atoms with E-state index in [9.17, 15) is 13.5 Å². The molecule has 0 saturated carbocycles. The van der Waals surface area contributed by atoms with Crippen molar-refractivity contribution in [3.63, 3.8) is 0 Å². The molecule has 0 aliphatic carbocycles. The van der Waals surface area contributed by atoms with E-state index in [1.165, 1.54) is 0 Å². The third kappa shape index (κ3) is 5.98. The third-order valence-corrected chi connectivity index (χ3v) is 7.81. The molecule has 0 aliphatic heterocycles. The number of phenolic OH excluding ortho intramolecular Hbond substituents is 1. The molecule has 0 amide bonds. The summed E-state index contributed by atoms with van der Waals surface area (Å²) in [4.78, 5) is 11.0. The Morgan fingerprint density at radius 3 is 2.51 bits per heavy atom. The smallest absolute Gasteiger partial charge is 0.240 e. The average Bonchev–Trinajstić information content (AvgIpc) is 3.33. The predicted octanol–water partition coefficient (Wildman–Crippen LogP) is 3.98. The van der Waals surface area contributed by atoms with Crippen molar-refractivity contribution in [2.24, 2.45) is 0 Å². The van der Waals surface area contributed by atoms with Gasteiger partial charge in [-0.05, 0) is 80.7 Å². The number of hydrogen-bond acceptors (Lipinski definition) is 7. The fourth-order valence-corrected chi connectivity index (χ4v) is 5.63. The molecular weight excluding hydrogens is 512 g/mol. The highest BCUT2D eigenvalue weighted by Gasteiger charge is 2.20. The standard InChI is InChI=1S/C29H30N6O3S/c1-34(2)17-5-13-32-39(37,38)26-9-3-6-21(19-26)18-24-12-16-31-29-27(23-7-4-8-25(36)20-23)28(33-35(24)29)22-10-14-30-15-11-22/h3-4,6-12,14-16,19-20,32,36H,5,13,17-18H2,1-2H3. The van der Waals surface area contributed by atoms with Gasteiger partial charge in [0.25, 0.3) is 0 Å². The highest BCUT2D eigenvalue weighted by atomic mass is 32.2. The van der Waals surface area contributed by atoms with Gasteiger partial charge in [0.2, 0.25) is 10.0 Å². The Morgan fingerprint density at radius 1 is 0.949 bits per heavy atom. The van der Waals surface area contributed by atoms with Crippen molar-refractivity contribution in [2.75, 3.05) is 27.2 Å². The summed E-state index contributed by atoms with van der Waals surface area (Å²) in [7, 11) is 0.290. The van der Waals surface area contributed by atoms with Crippen LogP contribution in [-0.4, -0.2) is 65.2 Å². The minimum absolute atomic E-state index is 0.150. The zero-order valence-corrected chi connectivity index (χ0v) is 22.6. The minimum Gasteiger partial charge on any atom is -0.508 e. The van der Waals surface area contributed by atoms with Crippen LogP contribution in [0.5, 0.6) is 5.75 Å². The Hall–Kier alpha value is -4.12. The number of pyridine rings is 1. The second-order valence-corrected chi connectivity index (χ2v) is 11.3. The molecule has 0 spiro atoms. The number of hydrogen-bond donors (Lipinski definition) is 2. The first kappa shape index (κ1) is 26.5. The minimum atomic E-state index is -3.63. The quantitative estimate of drug-likeness (QED) is 0.257. The van der Waals surface area contributed by atoms with Gasteiger partial charge in [0.15, 0.2) is 5.65 Å². The summed E-state index contributed by atoms with van der Waals surface area (Å²) in [5.74, 6) is 0.150. The number of nitrogens with one attached hydrogen (secondary N) is 1. The molecule has 5 aromatic rings. The number of nitrogens with zero attached hydrogens (tertiary/aromatic N) is 5. The zero-order valence-electron chi connectivity index (χ0n) is 21.8. The summed E-state index contributed by atoms with van der Waals surface area (Å²) >= 11 is 0. The summed E-state index contributed by atoms with van der Waals surface area (Å²) in [5, 5.41) is 15.1. The van der Waals surface area contributed by atoms with E-state index in [0.29, 0.717) is 24.3 Å². The SMILES string of the molecule is CN(C)CCCNS(=O)(=O)c1cccc(Cc2ccnc3c(-c4cccc(O)c4)c(-c4ccncc4)nn23)c1. The van der Waals surface area contributed by atoms with Crippen LogP contribution in [0.15, 0.2) is 90.2 Å². The molecule has 9 nitrogen and oxygen atoms in total. The number of fused-ring (bicyclic) bond motifs is 1. The predicted molar refractivity (Wildman–Crippen MR) is 151 cm³/mol. The number of rotatable bonds is 10. The fraction of sp³-hybridized carbons (Fsp3) is 0.207. The van der Waals surface area contributed by atoms with E-state index in [1.807, 2.05) is 49.3 Å². The first-order chi connectivity index (χ1) is 18.8. The highest BCUT2D eigenvalue weighted by Crippen LogP contribution is 2.36. The normalized spacial score (nSPS) is 11.9. The summed E-state index contributed by atoms with van der Waals surface area (Å²) in [6.07, 6.45) is 6.31.